The first-order valence-electron chi connectivity index (χ1n) is 7.48. The fourth-order valence-corrected chi connectivity index (χ4v) is 2.46. The van der Waals surface area contributed by atoms with Gasteiger partial charge in [0, 0.05) is 47.1 Å². The fraction of sp³-hybridized carbons (Fsp3) is 0.105. The van der Waals surface area contributed by atoms with Crippen LogP contribution >= 0.6 is 0 Å². The number of aromatic nitrogens is 1. The lowest BCUT2D eigenvalue weighted by atomic mass is 10.1. The average Bonchev–Trinajstić information content (AvgIpc) is 3.02. The molecule has 0 aliphatic carbocycles. The van der Waals surface area contributed by atoms with E-state index in [-0.39, 0.29) is 5.91 Å². The number of fused-ring (bicyclic) bond motifs is 1. The minimum Gasteiger partial charge on any atom is -0.497 e. The molecular formula is C19H18N2O3. The van der Waals surface area contributed by atoms with Crippen molar-refractivity contribution in [1.82, 2.24) is 4.98 Å². The Kier molecular flexibility index (Phi) is 4.52. The molecule has 0 atom stereocenters. The summed E-state index contributed by atoms with van der Waals surface area (Å²) in [6.07, 6.45) is 5.16. The van der Waals surface area contributed by atoms with Gasteiger partial charge in [-0.2, -0.15) is 0 Å². The second kappa shape index (κ2) is 6.91. The normalized spacial score (nSPS) is 10.9. The Morgan fingerprint density at radius 3 is 2.50 bits per heavy atom. The third-order valence-electron chi connectivity index (χ3n) is 3.65. The zero-order valence-electron chi connectivity index (χ0n) is 13.5. The highest BCUT2D eigenvalue weighted by Crippen LogP contribution is 2.26. The number of ether oxygens (including phenoxy) is 2. The van der Waals surface area contributed by atoms with Gasteiger partial charge in [-0.25, -0.2) is 0 Å². The number of hydrogen-bond acceptors (Lipinski definition) is 3. The van der Waals surface area contributed by atoms with E-state index >= 15 is 0 Å². The van der Waals surface area contributed by atoms with Crippen LogP contribution in [0.3, 0.4) is 0 Å². The van der Waals surface area contributed by atoms with Gasteiger partial charge >= 0.3 is 0 Å². The molecule has 0 aliphatic heterocycles. The van der Waals surface area contributed by atoms with Crippen molar-refractivity contribution in [3.8, 4) is 11.5 Å². The molecule has 0 saturated heterocycles. The number of amides is 1. The second-order valence-corrected chi connectivity index (χ2v) is 5.21. The van der Waals surface area contributed by atoms with Crippen molar-refractivity contribution in [2.45, 2.75) is 0 Å². The molecule has 0 fully saturated rings. The fourth-order valence-electron chi connectivity index (χ4n) is 2.46. The highest BCUT2D eigenvalue weighted by atomic mass is 16.5. The molecule has 2 aromatic carbocycles. The minimum atomic E-state index is -0.226. The van der Waals surface area contributed by atoms with Crippen LogP contribution in [-0.2, 0) is 4.79 Å². The SMILES string of the molecule is COc1cc(NC(=O)/C=C/c2c[nH]c3ccccc23)cc(OC)c1. The summed E-state index contributed by atoms with van der Waals surface area (Å²) in [6, 6.07) is 13.2. The largest absolute Gasteiger partial charge is 0.497 e. The Balaban J connectivity index is 1.76. The van der Waals surface area contributed by atoms with Crippen LogP contribution in [0.25, 0.3) is 17.0 Å². The summed E-state index contributed by atoms with van der Waals surface area (Å²) in [6.45, 7) is 0. The number of aromatic amines is 1. The van der Waals surface area contributed by atoms with Crippen molar-refractivity contribution >= 4 is 28.6 Å². The van der Waals surface area contributed by atoms with Gasteiger partial charge in [0.05, 0.1) is 14.2 Å². The van der Waals surface area contributed by atoms with Gasteiger partial charge in [0.25, 0.3) is 0 Å². The highest BCUT2D eigenvalue weighted by Gasteiger charge is 2.05. The third-order valence-corrected chi connectivity index (χ3v) is 3.65. The summed E-state index contributed by atoms with van der Waals surface area (Å²) >= 11 is 0. The maximum Gasteiger partial charge on any atom is 0.248 e. The lowest BCUT2D eigenvalue weighted by Gasteiger charge is -2.08. The summed E-state index contributed by atoms with van der Waals surface area (Å²) in [4.78, 5) is 15.3. The van der Waals surface area contributed by atoms with E-state index in [9.17, 15) is 4.79 Å². The summed E-state index contributed by atoms with van der Waals surface area (Å²) in [5.74, 6) is 1.01. The third kappa shape index (κ3) is 3.41. The van der Waals surface area contributed by atoms with E-state index in [1.807, 2.05) is 30.5 Å². The molecule has 3 aromatic rings. The monoisotopic (exact) mass is 322 g/mol. The van der Waals surface area contributed by atoms with Crippen LogP contribution in [0.1, 0.15) is 5.56 Å². The van der Waals surface area contributed by atoms with Gasteiger partial charge in [-0.05, 0) is 17.7 Å². The minimum absolute atomic E-state index is 0.226. The van der Waals surface area contributed by atoms with Crippen molar-refractivity contribution in [2.24, 2.45) is 0 Å². The molecule has 0 aliphatic rings. The summed E-state index contributed by atoms with van der Waals surface area (Å²) in [7, 11) is 3.13. The lowest BCUT2D eigenvalue weighted by molar-refractivity contribution is -0.111. The molecule has 1 aromatic heterocycles. The average molecular weight is 322 g/mol. The number of para-hydroxylation sites is 1. The van der Waals surface area contributed by atoms with Gasteiger partial charge in [-0.15, -0.1) is 0 Å². The summed E-state index contributed by atoms with van der Waals surface area (Å²) in [5.41, 5.74) is 2.61. The van der Waals surface area contributed by atoms with Gasteiger partial charge in [0.15, 0.2) is 0 Å². The van der Waals surface area contributed by atoms with Crippen LogP contribution in [-0.4, -0.2) is 25.1 Å². The van der Waals surface area contributed by atoms with Gasteiger partial charge in [-0.3, -0.25) is 4.79 Å². The number of carbonyl (C=O) groups is 1. The van der Waals surface area contributed by atoms with Gasteiger partial charge in [-0.1, -0.05) is 18.2 Å². The van der Waals surface area contributed by atoms with Gasteiger partial charge < -0.3 is 19.8 Å². The first-order chi connectivity index (χ1) is 11.7. The van der Waals surface area contributed by atoms with E-state index in [0.29, 0.717) is 17.2 Å². The molecular weight excluding hydrogens is 304 g/mol. The molecule has 0 bridgehead atoms. The summed E-state index contributed by atoms with van der Waals surface area (Å²) < 4.78 is 10.4. The Morgan fingerprint density at radius 2 is 1.79 bits per heavy atom. The number of anilines is 1. The maximum atomic E-state index is 12.2. The molecule has 5 heteroatoms. The smallest absolute Gasteiger partial charge is 0.248 e. The molecule has 1 heterocycles. The Bertz CT molecular complexity index is 874. The van der Waals surface area contributed by atoms with E-state index in [1.54, 1.807) is 38.5 Å². The van der Waals surface area contributed by atoms with Crippen LogP contribution in [0, 0.1) is 0 Å². The number of benzene rings is 2. The number of hydrogen-bond donors (Lipinski definition) is 2. The van der Waals surface area contributed by atoms with Crippen molar-refractivity contribution in [3.63, 3.8) is 0 Å². The van der Waals surface area contributed by atoms with Crippen LogP contribution in [0.4, 0.5) is 5.69 Å². The molecule has 24 heavy (non-hydrogen) atoms. The highest BCUT2D eigenvalue weighted by molar-refractivity contribution is 6.03. The van der Waals surface area contributed by atoms with E-state index in [1.165, 1.54) is 6.08 Å². The van der Waals surface area contributed by atoms with Crippen LogP contribution in [0.2, 0.25) is 0 Å². The van der Waals surface area contributed by atoms with Crippen molar-refractivity contribution in [3.05, 3.63) is 60.3 Å². The van der Waals surface area contributed by atoms with Crippen LogP contribution < -0.4 is 14.8 Å². The van der Waals surface area contributed by atoms with E-state index in [4.69, 9.17) is 9.47 Å². The summed E-state index contributed by atoms with van der Waals surface area (Å²) in [5, 5.41) is 3.88. The van der Waals surface area contributed by atoms with E-state index in [2.05, 4.69) is 10.3 Å². The Hall–Kier alpha value is -3.21. The number of nitrogens with one attached hydrogen (secondary N) is 2. The Morgan fingerprint density at radius 1 is 1.08 bits per heavy atom. The van der Waals surface area contributed by atoms with Crippen molar-refractivity contribution < 1.29 is 14.3 Å². The van der Waals surface area contributed by atoms with Gasteiger partial charge in [0.1, 0.15) is 11.5 Å². The quantitative estimate of drug-likeness (QED) is 0.702. The number of methoxy groups -OCH3 is 2. The van der Waals surface area contributed by atoms with Crippen molar-refractivity contribution in [2.75, 3.05) is 19.5 Å². The predicted octanol–water partition coefficient (Wildman–Crippen LogP) is 3.84. The lowest BCUT2D eigenvalue weighted by Crippen LogP contribution is -2.08. The molecule has 3 rings (SSSR count). The standard InChI is InChI=1S/C19H18N2O3/c1-23-15-9-14(10-16(11-15)24-2)21-19(22)8-7-13-12-20-18-6-4-3-5-17(13)18/h3-12,20H,1-2H3,(H,21,22)/b8-7+. The zero-order chi connectivity index (χ0) is 16.9. The van der Waals surface area contributed by atoms with Crippen LogP contribution in [0.5, 0.6) is 11.5 Å². The molecule has 122 valence electrons. The maximum absolute atomic E-state index is 12.2. The predicted molar refractivity (Wildman–Crippen MR) is 95.5 cm³/mol. The molecule has 0 radical (unpaired) electrons. The number of rotatable bonds is 5. The van der Waals surface area contributed by atoms with Crippen molar-refractivity contribution in [1.29, 1.82) is 0 Å². The molecule has 5 nitrogen and oxygen atoms in total. The zero-order valence-corrected chi connectivity index (χ0v) is 13.5. The topological polar surface area (TPSA) is 63.3 Å². The number of carbonyl (C=O) groups excluding carboxylic acids is 1. The van der Waals surface area contributed by atoms with E-state index in [0.717, 1.165) is 16.5 Å². The molecule has 0 unspecified atom stereocenters. The van der Waals surface area contributed by atoms with Gasteiger partial charge in [0.2, 0.25) is 5.91 Å². The molecule has 2 N–H and O–H groups in total. The Labute approximate surface area is 139 Å². The number of H-pyrrole nitrogens is 1. The van der Waals surface area contributed by atoms with Crippen LogP contribution in [0.15, 0.2) is 54.7 Å². The van der Waals surface area contributed by atoms with E-state index < -0.39 is 0 Å². The first-order valence-corrected chi connectivity index (χ1v) is 7.48. The molecule has 0 saturated carbocycles. The molecule has 1 amide bonds. The first kappa shape index (κ1) is 15.7. The second-order valence-electron chi connectivity index (χ2n) is 5.21. The molecule has 0 spiro atoms.